The Bertz CT molecular complexity index is 736. The summed E-state index contributed by atoms with van der Waals surface area (Å²) in [6.07, 6.45) is 2.47. The van der Waals surface area contributed by atoms with Crippen LogP contribution in [0.15, 0.2) is 30.5 Å². The molecule has 0 fully saturated rings. The molecule has 1 atom stereocenters. The van der Waals surface area contributed by atoms with Crippen LogP contribution in [0.5, 0.6) is 0 Å². The molecule has 7 heteroatoms. The number of carbonyl (C=O) groups excluding carboxylic acids is 2. The molecule has 2 aromatic rings. The number of amides is 2. The van der Waals surface area contributed by atoms with Gasteiger partial charge in [-0.15, -0.1) is 0 Å². The van der Waals surface area contributed by atoms with Crippen molar-refractivity contribution >= 4 is 29.2 Å². The van der Waals surface area contributed by atoms with E-state index in [1.54, 1.807) is 6.20 Å². The summed E-state index contributed by atoms with van der Waals surface area (Å²) in [4.78, 5) is 37.3. The number of para-hydroxylation sites is 1. The summed E-state index contributed by atoms with van der Waals surface area (Å²) in [6.45, 7) is 2.77. The number of aliphatic carboxylic acids is 1. The molecule has 0 saturated heterocycles. The molecule has 0 aliphatic rings. The minimum atomic E-state index is -1.42. The van der Waals surface area contributed by atoms with Crippen molar-refractivity contribution < 1.29 is 19.5 Å². The number of nitrogens with one attached hydrogen (secondary N) is 3. The molecule has 23 heavy (non-hydrogen) atoms. The molecule has 7 nitrogen and oxygen atoms in total. The van der Waals surface area contributed by atoms with E-state index >= 15 is 0 Å². The first-order chi connectivity index (χ1) is 10.8. The second-order valence-corrected chi connectivity index (χ2v) is 5.82. The van der Waals surface area contributed by atoms with Gasteiger partial charge in [0.25, 0.3) is 0 Å². The van der Waals surface area contributed by atoms with Crippen molar-refractivity contribution in [1.82, 2.24) is 15.6 Å². The van der Waals surface area contributed by atoms with E-state index in [-0.39, 0.29) is 6.42 Å². The number of benzene rings is 1. The largest absolute Gasteiger partial charge is 0.480 e. The molecule has 2 amide bonds. The van der Waals surface area contributed by atoms with Crippen molar-refractivity contribution in [2.24, 2.45) is 0 Å². The highest BCUT2D eigenvalue weighted by Gasteiger charge is 2.32. The number of carboxylic acid groups (broad SMARTS) is 1. The van der Waals surface area contributed by atoms with Crippen LogP contribution >= 0.6 is 0 Å². The van der Waals surface area contributed by atoms with Crippen molar-refractivity contribution in [1.29, 1.82) is 0 Å². The molecule has 0 bridgehead atoms. The summed E-state index contributed by atoms with van der Waals surface area (Å²) in [5, 5.41) is 14.9. The Morgan fingerprint density at radius 2 is 2.04 bits per heavy atom. The van der Waals surface area contributed by atoms with Gasteiger partial charge in [0.15, 0.2) is 0 Å². The predicted molar refractivity (Wildman–Crippen MR) is 84.8 cm³/mol. The number of hydrogen-bond donors (Lipinski definition) is 4. The minimum absolute atomic E-state index is 0.254. The summed E-state index contributed by atoms with van der Waals surface area (Å²) >= 11 is 0. The molecule has 0 radical (unpaired) electrons. The molecular formula is C16H19N3O4. The summed E-state index contributed by atoms with van der Waals surface area (Å²) in [5.74, 6) is -1.70. The molecule has 4 N–H and O–H groups in total. The number of rotatable bonds is 7. The number of carboxylic acids is 1. The third kappa shape index (κ3) is 3.68. The molecule has 122 valence electrons. The number of hydrogen-bond acceptors (Lipinski definition) is 3. The maximum Gasteiger partial charge on any atom is 0.328 e. The zero-order chi connectivity index (χ0) is 17.0. The highest BCUT2D eigenvalue weighted by molar-refractivity contribution is 5.91. The summed E-state index contributed by atoms with van der Waals surface area (Å²) in [7, 11) is 0. The topological polar surface area (TPSA) is 111 Å². The molecule has 2 rings (SSSR count). The van der Waals surface area contributed by atoms with Gasteiger partial charge in [0.05, 0.1) is 0 Å². The first-order valence-corrected chi connectivity index (χ1v) is 7.15. The monoisotopic (exact) mass is 317 g/mol. The molecular weight excluding hydrogens is 298 g/mol. The first-order valence-electron chi connectivity index (χ1n) is 7.15. The van der Waals surface area contributed by atoms with E-state index in [0.717, 1.165) is 16.5 Å². The molecule has 1 aromatic carbocycles. The molecule has 0 unspecified atom stereocenters. The van der Waals surface area contributed by atoms with Gasteiger partial charge in [0.2, 0.25) is 12.3 Å². The second-order valence-electron chi connectivity index (χ2n) is 5.82. The fraction of sp³-hybridized carbons (Fsp3) is 0.312. The van der Waals surface area contributed by atoms with Gasteiger partial charge < -0.3 is 20.7 Å². The maximum atomic E-state index is 12.3. The van der Waals surface area contributed by atoms with Gasteiger partial charge in [-0.2, -0.15) is 0 Å². The third-order valence-corrected chi connectivity index (χ3v) is 3.66. The van der Waals surface area contributed by atoms with Gasteiger partial charge >= 0.3 is 5.97 Å². The van der Waals surface area contributed by atoms with Crippen molar-refractivity contribution in [2.75, 3.05) is 0 Å². The van der Waals surface area contributed by atoms with Crippen LogP contribution in [-0.4, -0.2) is 40.0 Å². The van der Waals surface area contributed by atoms with Gasteiger partial charge in [0.1, 0.15) is 11.6 Å². The quantitative estimate of drug-likeness (QED) is 0.566. The van der Waals surface area contributed by atoms with Gasteiger partial charge in [-0.1, -0.05) is 18.2 Å². The van der Waals surface area contributed by atoms with E-state index in [4.69, 9.17) is 5.11 Å². The lowest BCUT2D eigenvalue weighted by Crippen LogP contribution is -2.56. The predicted octanol–water partition coefficient (Wildman–Crippen LogP) is 0.804. The smallest absolute Gasteiger partial charge is 0.328 e. The number of fused-ring (bicyclic) bond motifs is 1. The molecule has 1 heterocycles. The molecule has 0 spiro atoms. The van der Waals surface area contributed by atoms with Crippen molar-refractivity contribution in [3.8, 4) is 0 Å². The van der Waals surface area contributed by atoms with Crippen LogP contribution in [0.3, 0.4) is 0 Å². The number of H-pyrrole nitrogens is 1. The second kappa shape index (κ2) is 6.51. The van der Waals surface area contributed by atoms with E-state index < -0.39 is 23.5 Å². The summed E-state index contributed by atoms with van der Waals surface area (Å²) < 4.78 is 0. The van der Waals surface area contributed by atoms with Crippen LogP contribution in [0.2, 0.25) is 0 Å². The minimum Gasteiger partial charge on any atom is -0.480 e. The standard InChI is InChI=1S/C16H19N3O4/c1-16(2,15(22)23)19-14(21)13(18-9-20)7-10-8-17-12-6-4-3-5-11(10)12/h3-6,8-9,13,17H,7H2,1-2H3,(H,18,20)(H,19,21)(H,22,23)/t13-/m1/s1. The van der Waals surface area contributed by atoms with Crippen LogP contribution in [-0.2, 0) is 20.8 Å². The lowest BCUT2D eigenvalue weighted by molar-refractivity contribution is -0.146. The molecule has 0 aliphatic heterocycles. The van der Waals surface area contributed by atoms with Crippen LogP contribution in [0, 0.1) is 0 Å². The Labute approximate surface area is 133 Å². The van der Waals surface area contributed by atoms with Gasteiger partial charge in [0, 0.05) is 23.5 Å². The highest BCUT2D eigenvalue weighted by Crippen LogP contribution is 2.19. The normalized spacial score (nSPS) is 12.6. The number of carbonyl (C=O) groups is 3. The summed E-state index contributed by atoms with van der Waals surface area (Å²) in [6, 6.07) is 6.75. The molecule has 0 saturated carbocycles. The van der Waals surface area contributed by atoms with E-state index in [0.29, 0.717) is 6.41 Å². The van der Waals surface area contributed by atoms with E-state index in [1.807, 2.05) is 24.3 Å². The molecule has 0 aliphatic carbocycles. The zero-order valence-electron chi connectivity index (χ0n) is 12.9. The first kappa shape index (κ1) is 16.5. The fourth-order valence-electron chi connectivity index (χ4n) is 2.28. The Morgan fingerprint density at radius 3 is 2.70 bits per heavy atom. The number of aromatic nitrogens is 1. The van der Waals surface area contributed by atoms with Crippen LogP contribution in [0.1, 0.15) is 19.4 Å². The van der Waals surface area contributed by atoms with Gasteiger partial charge in [-0.05, 0) is 25.5 Å². The lowest BCUT2D eigenvalue weighted by atomic mass is 10.0. The zero-order valence-corrected chi connectivity index (χ0v) is 12.9. The van der Waals surface area contributed by atoms with E-state index in [1.165, 1.54) is 13.8 Å². The average molecular weight is 317 g/mol. The Hall–Kier alpha value is -2.83. The van der Waals surface area contributed by atoms with Crippen molar-refractivity contribution in [2.45, 2.75) is 31.8 Å². The lowest BCUT2D eigenvalue weighted by Gasteiger charge is -2.24. The van der Waals surface area contributed by atoms with Gasteiger partial charge in [-0.3, -0.25) is 9.59 Å². The highest BCUT2D eigenvalue weighted by atomic mass is 16.4. The Balaban J connectivity index is 2.20. The number of aromatic amines is 1. The SMILES string of the molecule is CC(C)(NC(=O)[C@@H](Cc1c[nH]c2ccccc12)NC=O)C(=O)O. The Kier molecular flexibility index (Phi) is 4.68. The maximum absolute atomic E-state index is 12.3. The molecule has 1 aromatic heterocycles. The van der Waals surface area contributed by atoms with Gasteiger partial charge in [-0.25, -0.2) is 4.79 Å². The van der Waals surface area contributed by atoms with Crippen molar-refractivity contribution in [3.63, 3.8) is 0 Å². The van der Waals surface area contributed by atoms with E-state index in [9.17, 15) is 14.4 Å². The average Bonchev–Trinajstić information content (AvgIpc) is 2.89. The Morgan fingerprint density at radius 1 is 1.35 bits per heavy atom. The van der Waals surface area contributed by atoms with E-state index in [2.05, 4.69) is 15.6 Å². The van der Waals surface area contributed by atoms with Crippen LogP contribution in [0.25, 0.3) is 10.9 Å². The third-order valence-electron chi connectivity index (χ3n) is 3.66. The van der Waals surface area contributed by atoms with Crippen LogP contribution < -0.4 is 10.6 Å². The van der Waals surface area contributed by atoms with Crippen molar-refractivity contribution in [3.05, 3.63) is 36.0 Å². The van der Waals surface area contributed by atoms with Crippen LogP contribution in [0.4, 0.5) is 0 Å². The fourth-order valence-corrected chi connectivity index (χ4v) is 2.28. The summed E-state index contributed by atoms with van der Waals surface area (Å²) in [5.41, 5.74) is 0.377.